The minimum atomic E-state index is -0.0568. The minimum absolute atomic E-state index is 0.0568. The normalized spacial score (nSPS) is 12.2. The van der Waals surface area contributed by atoms with Crippen molar-refractivity contribution in [3.8, 4) is 11.5 Å². The Labute approximate surface area is 138 Å². The van der Waals surface area contributed by atoms with Gasteiger partial charge in [0.25, 0.3) is 0 Å². The third-order valence-corrected chi connectivity index (χ3v) is 4.42. The number of halogens is 2. The summed E-state index contributed by atoms with van der Waals surface area (Å²) in [5.74, 6) is 2.22. The summed E-state index contributed by atoms with van der Waals surface area (Å²) >= 11 is 10.1. The van der Waals surface area contributed by atoms with Crippen LogP contribution in [0.25, 0.3) is 0 Å². The molecule has 0 bridgehead atoms. The highest BCUT2D eigenvalue weighted by molar-refractivity contribution is 9.09. The number of furan rings is 1. The van der Waals surface area contributed by atoms with E-state index in [1.807, 2.05) is 32.9 Å². The quantitative estimate of drug-likeness (QED) is 0.624. The minimum Gasteiger partial charge on any atom is -0.490 e. The van der Waals surface area contributed by atoms with E-state index in [2.05, 4.69) is 15.9 Å². The highest BCUT2D eigenvalue weighted by Crippen LogP contribution is 2.42. The zero-order chi connectivity index (χ0) is 15.4. The van der Waals surface area contributed by atoms with E-state index in [0.29, 0.717) is 29.7 Å². The number of aryl methyl sites for hydroxylation is 1. The highest BCUT2D eigenvalue weighted by Gasteiger charge is 2.20. The van der Waals surface area contributed by atoms with Crippen LogP contribution in [0.15, 0.2) is 28.9 Å². The molecule has 3 nitrogen and oxygen atoms in total. The molecule has 0 radical (unpaired) electrons. The van der Waals surface area contributed by atoms with Gasteiger partial charge >= 0.3 is 0 Å². The van der Waals surface area contributed by atoms with Crippen LogP contribution in [0.1, 0.15) is 35.6 Å². The summed E-state index contributed by atoms with van der Waals surface area (Å²) in [6.45, 7) is 6.93. The molecule has 1 aromatic carbocycles. The molecule has 0 fully saturated rings. The standard InChI is InChI=1S/C16H18BrClO3/c1-4-19-14-8-12(13(18)9-15(14)20-5-2)16(17)11-6-7-21-10(11)3/h6-9,16H,4-5H2,1-3H3. The smallest absolute Gasteiger partial charge is 0.162 e. The number of benzene rings is 1. The van der Waals surface area contributed by atoms with Crippen molar-refractivity contribution >= 4 is 27.5 Å². The van der Waals surface area contributed by atoms with Crippen molar-refractivity contribution in [2.75, 3.05) is 13.2 Å². The maximum Gasteiger partial charge on any atom is 0.162 e. The Morgan fingerprint density at radius 3 is 2.29 bits per heavy atom. The summed E-state index contributed by atoms with van der Waals surface area (Å²) < 4.78 is 16.6. The summed E-state index contributed by atoms with van der Waals surface area (Å²) in [5, 5.41) is 0.629. The molecule has 0 N–H and O–H groups in total. The van der Waals surface area contributed by atoms with Gasteiger partial charge in [0.2, 0.25) is 0 Å². The van der Waals surface area contributed by atoms with Crippen molar-refractivity contribution in [2.24, 2.45) is 0 Å². The molecule has 0 amide bonds. The molecule has 0 saturated heterocycles. The molecule has 1 heterocycles. The van der Waals surface area contributed by atoms with Gasteiger partial charge in [0.15, 0.2) is 11.5 Å². The van der Waals surface area contributed by atoms with Crippen LogP contribution >= 0.6 is 27.5 Å². The Balaban J connectivity index is 2.44. The van der Waals surface area contributed by atoms with Crippen LogP contribution in [0, 0.1) is 6.92 Å². The summed E-state index contributed by atoms with van der Waals surface area (Å²) in [6, 6.07) is 5.65. The summed E-state index contributed by atoms with van der Waals surface area (Å²) in [6.07, 6.45) is 1.67. The fourth-order valence-electron chi connectivity index (χ4n) is 2.11. The zero-order valence-corrected chi connectivity index (χ0v) is 14.6. The Bertz CT molecular complexity index is 610. The van der Waals surface area contributed by atoms with Crippen LogP contribution in [-0.4, -0.2) is 13.2 Å². The summed E-state index contributed by atoms with van der Waals surface area (Å²) in [5.41, 5.74) is 1.97. The van der Waals surface area contributed by atoms with Crippen molar-refractivity contribution in [1.29, 1.82) is 0 Å². The number of rotatable bonds is 6. The molecule has 1 aromatic heterocycles. The van der Waals surface area contributed by atoms with Crippen LogP contribution < -0.4 is 9.47 Å². The largest absolute Gasteiger partial charge is 0.490 e. The van der Waals surface area contributed by atoms with Crippen molar-refractivity contribution in [3.63, 3.8) is 0 Å². The van der Waals surface area contributed by atoms with Crippen LogP contribution in [0.2, 0.25) is 5.02 Å². The first-order valence-electron chi connectivity index (χ1n) is 6.85. The molecule has 5 heteroatoms. The topological polar surface area (TPSA) is 31.6 Å². The molecule has 0 saturated carbocycles. The predicted octanol–water partition coefficient (Wildman–Crippen LogP) is 5.52. The average molecular weight is 374 g/mol. The lowest BCUT2D eigenvalue weighted by molar-refractivity contribution is 0.287. The van der Waals surface area contributed by atoms with Crippen molar-refractivity contribution in [1.82, 2.24) is 0 Å². The number of alkyl halides is 1. The molecule has 114 valence electrons. The van der Waals surface area contributed by atoms with Crippen LogP contribution in [-0.2, 0) is 0 Å². The van der Waals surface area contributed by atoms with E-state index in [1.54, 1.807) is 12.3 Å². The van der Waals surface area contributed by atoms with Gasteiger partial charge in [-0.25, -0.2) is 0 Å². The van der Waals surface area contributed by atoms with Gasteiger partial charge in [-0.3, -0.25) is 0 Å². The van der Waals surface area contributed by atoms with E-state index >= 15 is 0 Å². The Morgan fingerprint density at radius 2 is 1.76 bits per heavy atom. The third-order valence-electron chi connectivity index (χ3n) is 3.11. The van der Waals surface area contributed by atoms with E-state index < -0.39 is 0 Å². The lowest BCUT2D eigenvalue weighted by Gasteiger charge is -2.17. The molecule has 2 rings (SSSR count). The molecule has 0 spiro atoms. The van der Waals surface area contributed by atoms with Gasteiger partial charge in [0, 0.05) is 16.7 Å². The lowest BCUT2D eigenvalue weighted by atomic mass is 10.0. The third kappa shape index (κ3) is 3.55. The number of hydrogen-bond donors (Lipinski definition) is 0. The fraction of sp³-hybridized carbons (Fsp3) is 0.375. The first-order chi connectivity index (χ1) is 10.1. The van der Waals surface area contributed by atoms with E-state index in [4.69, 9.17) is 25.5 Å². The second-order valence-electron chi connectivity index (χ2n) is 4.48. The monoisotopic (exact) mass is 372 g/mol. The molecular weight excluding hydrogens is 356 g/mol. The van der Waals surface area contributed by atoms with E-state index in [9.17, 15) is 0 Å². The molecule has 0 aliphatic heterocycles. The van der Waals surface area contributed by atoms with Crippen molar-refractivity contribution in [3.05, 3.63) is 46.4 Å². The van der Waals surface area contributed by atoms with Gasteiger partial charge in [0.05, 0.1) is 24.3 Å². The second kappa shape index (κ2) is 7.23. The van der Waals surface area contributed by atoms with Crippen molar-refractivity contribution < 1.29 is 13.9 Å². The van der Waals surface area contributed by atoms with Gasteiger partial charge in [-0.05, 0) is 38.5 Å². The molecule has 0 aliphatic rings. The van der Waals surface area contributed by atoms with Crippen LogP contribution in [0.4, 0.5) is 0 Å². The Morgan fingerprint density at radius 1 is 1.14 bits per heavy atom. The first-order valence-corrected chi connectivity index (χ1v) is 8.14. The van der Waals surface area contributed by atoms with Crippen molar-refractivity contribution in [2.45, 2.75) is 25.6 Å². The van der Waals surface area contributed by atoms with E-state index in [-0.39, 0.29) is 4.83 Å². The van der Waals surface area contributed by atoms with Gasteiger partial charge < -0.3 is 13.9 Å². The number of hydrogen-bond acceptors (Lipinski definition) is 3. The SMILES string of the molecule is CCOc1cc(Cl)c(C(Br)c2ccoc2C)cc1OCC. The molecule has 2 aromatic rings. The predicted molar refractivity (Wildman–Crippen MR) is 88.0 cm³/mol. The number of ether oxygens (including phenoxy) is 2. The summed E-state index contributed by atoms with van der Waals surface area (Å²) in [7, 11) is 0. The zero-order valence-electron chi connectivity index (χ0n) is 12.3. The van der Waals surface area contributed by atoms with Crippen LogP contribution in [0.5, 0.6) is 11.5 Å². The molecule has 1 unspecified atom stereocenters. The molecule has 1 atom stereocenters. The molecule has 0 aliphatic carbocycles. The lowest BCUT2D eigenvalue weighted by Crippen LogP contribution is -2.01. The highest BCUT2D eigenvalue weighted by atomic mass is 79.9. The van der Waals surface area contributed by atoms with E-state index in [0.717, 1.165) is 16.9 Å². The molecule has 21 heavy (non-hydrogen) atoms. The Hall–Kier alpha value is -1.13. The van der Waals surface area contributed by atoms with Crippen LogP contribution in [0.3, 0.4) is 0 Å². The van der Waals surface area contributed by atoms with Gasteiger partial charge in [-0.15, -0.1) is 0 Å². The van der Waals surface area contributed by atoms with Gasteiger partial charge in [-0.1, -0.05) is 27.5 Å². The maximum atomic E-state index is 6.41. The Kier molecular flexibility index (Phi) is 5.59. The van der Waals surface area contributed by atoms with Gasteiger partial charge in [0.1, 0.15) is 5.76 Å². The van der Waals surface area contributed by atoms with Gasteiger partial charge in [-0.2, -0.15) is 0 Å². The maximum absolute atomic E-state index is 6.41. The molecular formula is C16H18BrClO3. The first kappa shape index (κ1) is 16.2. The van der Waals surface area contributed by atoms with E-state index in [1.165, 1.54) is 0 Å². The second-order valence-corrected chi connectivity index (χ2v) is 5.80. The summed E-state index contributed by atoms with van der Waals surface area (Å²) in [4.78, 5) is -0.0568. The average Bonchev–Trinajstić information content (AvgIpc) is 2.87. The fourth-order valence-corrected chi connectivity index (χ4v) is 3.36.